The molecule has 0 amide bonds. The van der Waals surface area contributed by atoms with Crippen LogP contribution < -0.4 is 5.32 Å². The lowest BCUT2D eigenvalue weighted by atomic mass is 10.1. The normalized spacial score (nSPS) is 21.7. The van der Waals surface area contributed by atoms with Crippen LogP contribution in [-0.2, 0) is 13.0 Å². The summed E-state index contributed by atoms with van der Waals surface area (Å²) in [7, 11) is 2.07. The number of nitrogens with zero attached hydrogens (tertiary/aromatic N) is 2. The molecule has 2 heterocycles. The molecule has 1 atom stereocenters. The minimum Gasteiger partial charge on any atom is -0.316 e. The van der Waals surface area contributed by atoms with E-state index in [1.165, 1.54) is 35.8 Å². The van der Waals surface area contributed by atoms with Crippen molar-refractivity contribution in [1.29, 1.82) is 0 Å². The first-order chi connectivity index (χ1) is 8.67. The van der Waals surface area contributed by atoms with E-state index in [0.29, 0.717) is 12.0 Å². The van der Waals surface area contributed by atoms with Gasteiger partial charge < -0.3 is 5.32 Å². The zero-order valence-corrected chi connectivity index (χ0v) is 12.6. The summed E-state index contributed by atoms with van der Waals surface area (Å²) in [5.41, 5.74) is 0. The van der Waals surface area contributed by atoms with Gasteiger partial charge in [0, 0.05) is 36.6 Å². The predicted molar refractivity (Wildman–Crippen MR) is 78.0 cm³/mol. The van der Waals surface area contributed by atoms with Gasteiger partial charge in [-0.2, -0.15) is 0 Å². The number of hydrogen-bond acceptors (Lipinski definition) is 4. The number of likely N-dealkylation sites (N-methyl/N-ethyl adjacent to an activating group) is 1. The van der Waals surface area contributed by atoms with E-state index >= 15 is 0 Å². The van der Waals surface area contributed by atoms with E-state index in [2.05, 4.69) is 42.3 Å². The van der Waals surface area contributed by atoms with Gasteiger partial charge in [0.25, 0.3) is 0 Å². The highest BCUT2D eigenvalue weighted by molar-refractivity contribution is 7.11. The Bertz CT molecular complexity index is 362. The topological polar surface area (TPSA) is 28.2 Å². The highest BCUT2D eigenvalue weighted by atomic mass is 32.1. The van der Waals surface area contributed by atoms with Crippen LogP contribution in [0.5, 0.6) is 0 Å². The molecule has 1 fully saturated rings. The lowest BCUT2D eigenvalue weighted by Gasteiger charge is -2.32. The Balaban J connectivity index is 1.86. The minimum atomic E-state index is 0.668. The van der Waals surface area contributed by atoms with Crippen molar-refractivity contribution in [3.05, 3.63) is 16.1 Å². The minimum absolute atomic E-state index is 0.668. The molecule has 1 aromatic heterocycles. The number of likely N-dealkylation sites (tertiary alicyclic amines) is 1. The van der Waals surface area contributed by atoms with Crippen LogP contribution in [0.2, 0.25) is 0 Å². The van der Waals surface area contributed by atoms with Crippen LogP contribution in [-0.4, -0.2) is 36.1 Å². The molecule has 0 bridgehead atoms. The Morgan fingerprint density at radius 1 is 1.56 bits per heavy atom. The van der Waals surface area contributed by atoms with Crippen LogP contribution in [0.25, 0.3) is 0 Å². The van der Waals surface area contributed by atoms with E-state index in [9.17, 15) is 0 Å². The fourth-order valence-electron chi connectivity index (χ4n) is 2.52. The summed E-state index contributed by atoms with van der Waals surface area (Å²) < 4.78 is 0. The van der Waals surface area contributed by atoms with Gasteiger partial charge in [0.05, 0.1) is 5.01 Å². The van der Waals surface area contributed by atoms with E-state index in [0.717, 1.165) is 13.0 Å². The van der Waals surface area contributed by atoms with E-state index in [1.54, 1.807) is 0 Å². The van der Waals surface area contributed by atoms with E-state index in [-0.39, 0.29) is 0 Å². The smallest absolute Gasteiger partial charge is 0.0930 e. The molecule has 0 aliphatic carbocycles. The maximum Gasteiger partial charge on any atom is 0.0930 e. The zero-order chi connectivity index (χ0) is 13.0. The molecular formula is C14H25N3S. The van der Waals surface area contributed by atoms with Crippen molar-refractivity contribution in [2.75, 3.05) is 20.1 Å². The molecule has 1 aromatic rings. The summed E-state index contributed by atoms with van der Waals surface area (Å²) in [5.74, 6) is 0.702. The van der Waals surface area contributed by atoms with Crippen molar-refractivity contribution >= 4 is 11.3 Å². The highest BCUT2D eigenvalue weighted by Gasteiger charge is 2.19. The summed E-state index contributed by atoms with van der Waals surface area (Å²) >= 11 is 1.89. The second-order valence-corrected chi connectivity index (χ2v) is 6.88. The molecule has 0 saturated carbocycles. The number of rotatable bonds is 5. The van der Waals surface area contributed by atoms with E-state index < -0.39 is 0 Å². The van der Waals surface area contributed by atoms with Gasteiger partial charge in [0.15, 0.2) is 0 Å². The first kappa shape index (κ1) is 14.0. The van der Waals surface area contributed by atoms with Gasteiger partial charge in [0.2, 0.25) is 0 Å². The van der Waals surface area contributed by atoms with Crippen LogP contribution in [0.1, 0.15) is 36.6 Å². The molecule has 102 valence electrons. The molecule has 1 N–H and O–H groups in total. The van der Waals surface area contributed by atoms with Crippen LogP contribution in [0.3, 0.4) is 0 Å². The molecule has 1 unspecified atom stereocenters. The van der Waals surface area contributed by atoms with Gasteiger partial charge in [-0.05, 0) is 32.4 Å². The molecule has 1 aliphatic heterocycles. The average molecular weight is 267 g/mol. The molecule has 1 aliphatic rings. The van der Waals surface area contributed by atoms with Crippen molar-refractivity contribution < 1.29 is 0 Å². The Morgan fingerprint density at radius 3 is 3.11 bits per heavy atom. The molecule has 0 aromatic carbocycles. The van der Waals surface area contributed by atoms with Crippen molar-refractivity contribution in [1.82, 2.24) is 15.2 Å². The number of thiazole rings is 1. The van der Waals surface area contributed by atoms with Crippen LogP contribution in [0.15, 0.2) is 6.20 Å². The number of aromatic nitrogens is 1. The lowest BCUT2D eigenvalue weighted by Crippen LogP contribution is -2.43. The first-order valence-electron chi connectivity index (χ1n) is 7.00. The molecule has 4 heteroatoms. The molecule has 0 spiro atoms. The second-order valence-electron chi connectivity index (χ2n) is 5.68. The largest absolute Gasteiger partial charge is 0.316 e. The second kappa shape index (κ2) is 6.64. The van der Waals surface area contributed by atoms with Crippen molar-refractivity contribution in [3.63, 3.8) is 0 Å². The fraction of sp³-hybridized carbons (Fsp3) is 0.786. The SMILES string of the molecule is CNC1CCCN(Cc2cnc(CC(C)C)s2)C1. The maximum atomic E-state index is 4.54. The third-order valence-corrected chi connectivity index (χ3v) is 4.48. The summed E-state index contributed by atoms with van der Waals surface area (Å²) in [5, 5.41) is 4.69. The van der Waals surface area contributed by atoms with Gasteiger partial charge in [-0.15, -0.1) is 11.3 Å². The third kappa shape index (κ3) is 4.04. The van der Waals surface area contributed by atoms with Gasteiger partial charge in [0.1, 0.15) is 0 Å². The summed E-state index contributed by atoms with van der Waals surface area (Å²) in [4.78, 5) is 8.51. The van der Waals surface area contributed by atoms with Crippen LogP contribution in [0, 0.1) is 5.92 Å². The van der Waals surface area contributed by atoms with Gasteiger partial charge in [-0.3, -0.25) is 4.90 Å². The lowest BCUT2D eigenvalue weighted by molar-refractivity contribution is 0.189. The summed E-state index contributed by atoms with van der Waals surface area (Å²) in [6.45, 7) is 7.99. The monoisotopic (exact) mass is 267 g/mol. The van der Waals surface area contributed by atoms with Crippen molar-refractivity contribution in [2.45, 2.75) is 45.7 Å². The van der Waals surface area contributed by atoms with Crippen LogP contribution in [0.4, 0.5) is 0 Å². The maximum absolute atomic E-state index is 4.54. The highest BCUT2D eigenvalue weighted by Crippen LogP contribution is 2.20. The van der Waals surface area contributed by atoms with E-state index in [1.807, 2.05) is 11.3 Å². The molecule has 1 saturated heterocycles. The standard InChI is InChI=1S/C14H25N3S/c1-11(2)7-14-16-8-13(18-14)10-17-6-4-5-12(9-17)15-3/h8,11-12,15H,4-7,9-10H2,1-3H3. The van der Waals surface area contributed by atoms with Crippen molar-refractivity contribution in [2.24, 2.45) is 5.92 Å². The summed E-state index contributed by atoms with van der Waals surface area (Å²) in [6.07, 6.45) is 5.81. The number of nitrogens with one attached hydrogen (secondary N) is 1. The van der Waals surface area contributed by atoms with Crippen LogP contribution >= 0.6 is 11.3 Å². The molecule has 0 radical (unpaired) electrons. The van der Waals surface area contributed by atoms with Crippen molar-refractivity contribution in [3.8, 4) is 0 Å². The Morgan fingerprint density at radius 2 is 2.39 bits per heavy atom. The predicted octanol–water partition coefficient (Wildman–Crippen LogP) is 2.53. The molecular weight excluding hydrogens is 242 g/mol. The molecule has 18 heavy (non-hydrogen) atoms. The zero-order valence-electron chi connectivity index (χ0n) is 11.8. The number of piperidine rings is 1. The van der Waals surface area contributed by atoms with Gasteiger partial charge in [-0.1, -0.05) is 13.8 Å². The molecule has 3 nitrogen and oxygen atoms in total. The Labute approximate surface area is 115 Å². The van der Waals surface area contributed by atoms with Gasteiger partial charge >= 0.3 is 0 Å². The fourth-order valence-corrected chi connectivity index (χ4v) is 3.70. The third-order valence-electron chi connectivity index (χ3n) is 3.48. The first-order valence-corrected chi connectivity index (χ1v) is 7.82. The van der Waals surface area contributed by atoms with Gasteiger partial charge in [-0.25, -0.2) is 4.98 Å². The quantitative estimate of drug-likeness (QED) is 0.888. The Hall–Kier alpha value is -0.450. The number of hydrogen-bond donors (Lipinski definition) is 1. The molecule has 2 rings (SSSR count). The Kier molecular flexibility index (Phi) is 5.15. The average Bonchev–Trinajstić information content (AvgIpc) is 2.76. The van der Waals surface area contributed by atoms with E-state index in [4.69, 9.17) is 0 Å². The summed E-state index contributed by atoms with van der Waals surface area (Å²) in [6, 6.07) is 0.668.